The largest absolute Gasteiger partial charge is 0.0725 e. The quantitative estimate of drug-likeness (QED) is 0.161. The lowest BCUT2D eigenvalue weighted by Gasteiger charge is -2.31. The van der Waals surface area contributed by atoms with Gasteiger partial charge in [-0.3, -0.25) is 0 Å². The fourth-order valence-corrected chi connectivity index (χ4v) is 10.1. The summed E-state index contributed by atoms with van der Waals surface area (Å²) in [7, 11) is 0. The van der Waals surface area contributed by atoms with Crippen LogP contribution in [0.4, 0.5) is 0 Å². The Morgan fingerprint density at radius 2 is 0.623 bits per heavy atom. The summed E-state index contributed by atoms with van der Waals surface area (Å²) >= 11 is 0. The minimum atomic E-state index is -0.450. The van der Waals surface area contributed by atoms with Crippen molar-refractivity contribution in [2.75, 3.05) is 0 Å². The molecule has 2 aliphatic rings. The molecule has 244 valence electrons. The van der Waals surface area contributed by atoms with E-state index < -0.39 is 5.41 Å². The first-order chi connectivity index (χ1) is 26.3. The fraction of sp³-hybridized carbons (Fsp3) is 0.0189. The van der Waals surface area contributed by atoms with Crippen molar-refractivity contribution in [1.82, 2.24) is 0 Å². The molecule has 0 heteroatoms. The second kappa shape index (κ2) is 10.6. The van der Waals surface area contributed by atoms with Crippen LogP contribution in [-0.4, -0.2) is 0 Å². The molecule has 10 aromatic rings. The van der Waals surface area contributed by atoms with E-state index in [1.165, 1.54) is 110 Å². The highest BCUT2D eigenvalue weighted by atomic mass is 14.5. The zero-order valence-corrected chi connectivity index (χ0v) is 29.0. The molecule has 12 rings (SSSR count). The molecule has 0 aromatic heterocycles. The average molecular weight is 669 g/mol. The van der Waals surface area contributed by atoms with Crippen molar-refractivity contribution in [2.45, 2.75) is 5.41 Å². The van der Waals surface area contributed by atoms with Crippen LogP contribution >= 0.6 is 0 Å². The average Bonchev–Trinajstić information content (AvgIpc) is 3.69. The first-order valence-electron chi connectivity index (χ1n) is 18.6. The third-order valence-electron chi connectivity index (χ3n) is 12.3. The van der Waals surface area contributed by atoms with Gasteiger partial charge in [0.2, 0.25) is 0 Å². The van der Waals surface area contributed by atoms with E-state index in [2.05, 4.69) is 194 Å². The van der Waals surface area contributed by atoms with E-state index in [1.54, 1.807) is 0 Å². The highest BCUT2D eigenvalue weighted by Gasteiger charge is 2.51. The van der Waals surface area contributed by atoms with Crippen LogP contribution in [0.5, 0.6) is 0 Å². The van der Waals surface area contributed by atoms with Crippen molar-refractivity contribution in [2.24, 2.45) is 0 Å². The van der Waals surface area contributed by atoms with Crippen LogP contribution in [0, 0.1) is 0 Å². The lowest BCUT2D eigenvalue weighted by atomic mass is 9.70. The Hall–Kier alpha value is -6.76. The minimum absolute atomic E-state index is 0.450. The lowest BCUT2D eigenvalue weighted by Crippen LogP contribution is -2.26. The van der Waals surface area contributed by atoms with Gasteiger partial charge in [-0.25, -0.2) is 0 Å². The van der Waals surface area contributed by atoms with Crippen LogP contribution in [0.15, 0.2) is 194 Å². The van der Waals surface area contributed by atoms with Crippen LogP contribution < -0.4 is 0 Å². The third-order valence-corrected chi connectivity index (χ3v) is 12.3. The van der Waals surface area contributed by atoms with Crippen molar-refractivity contribution < 1.29 is 0 Å². The standard InChI is InChI=1S/C53H32/c1-2-14-33(15-3-1)35-28-29-36(38-17-5-4-16-37(35)38)34-26-27-45-43-22-10-12-24-49(43)53(51(45)30-34)50-25-13-11-23-44(50)48-31-46-41-20-8-6-18-39(41)40-19-7-9-21-42(40)47(46)32-52(48)53/h1-32H. The van der Waals surface area contributed by atoms with Gasteiger partial charge < -0.3 is 0 Å². The van der Waals surface area contributed by atoms with Gasteiger partial charge in [0.15, 0.2) is 0 Å². The molecule has 1 unspecified atom stereocenters. The zero-order valence-electron chi connectivity index (χ0n) is 29.0. The molecule has 0 saturated carbocycles. The van der Waals surface area contributed by atoms with Crippen LogP contribution in [0.3, 0.4) is 0 Å². The summed E-state index contributed by atoms with van der Waals surface area (Å²) in [5, 5.41) is 10.4. The van der Waals surface area contributed by atoms with Gasteiger partial charge in [0.1, 0.15) is 0 Å². The molecule has 53 heavy (non-hydrogen) atoms. The molecule has 10 aromatic carbocycles. The van der Waals surface area contributed by atoms with E-state index in [-0.39, 0.29) is 0 Å². The molecule has 2 aliphatic carbocycles. The van der Waals surface area contributed by atoms with Gasteiger partial charge in [-0.15, -0.1) is 0 Å². The van der Waals surface area contributed by atoms with E-state index >= 15 is 0 Å². The summed E-state index contributed by atoms with van der Waals surface area (Å²) in [5.74, 6) is 0. The van der Waals surface area contributed by atoms with Crippen molar-refractivity contribution >= 4 is 43.1 Å². The highest BCUT2D eigenvalue weighted by molar-refractivity contribution is 6.26. The molecule has 0 bridgehead atoms. The maximum absolute atomic E-state index is 2.56. The van der Waals surface area contributed by atoms with E-state index in [0.717, 1.165) is 0 Å². The highest BCUT2D eigenvalue weighted by Crippen LogP contribution is 2.64. The summed E-state index contributed by atoms with van der Waals surface area (Å²) in [4.78, 5) is 0. The van der Waals surface area contributed by atoms with Gasteiger partial charge in [-0.05, 0) is 128 Å². The lowest BCUT2D eigenvalue weighted by molar-refractivity contribution is 0.795. The predicted molar refractivity (Wildman–Crippen MR) is 224 cm³/mol. The number of hydrogen-bond acceptors (Lipinski definition) is 0. The second-order valence-electron chi connectivity index (χ2n) is 14.7. The molecule has 0 amide bonds. The van der Waals surface area contributed by atoms with Crippen molar-refractivity contribution in [1.29, 1.82) is 0 Å². The van der Waals surface area contributed by atoms with Crippen molar-refractivity contribution in [3.63, 3.8) is 0 Å². The van der Waals surface area contributed by atoms with Crippen LogP contribution in [0.1, 0.15) is 22.3 Å². The number of hydrogen-bond donors (Lipinski definition) is 0. The Morgan fingerprint density at radius 1 is 0.208 bits per heavy atom. The Bertz CT molecular complexity index is 3170. The van der Waals surface area contributed by atoms with Crippen molar-refractivity contribution in [3.8, 4) is 44.5 Å². The monoisotopic (exact) mass is 668 g/mol. The van der Waals surface area contributed by atoms with Gasteiger partial charge in [-0.2, -0.15) is 0 Å². The SMILES string of the molecule is c1ccc(-c2ccc(-c3ccc4c(c3)C3(c5ccccc5-4)c4ccccc4-c4cc5c6ccccc6c6ccccc6c5cc43)c3ccccc23)cc1. The van der Waals surface area contributed by atoms with Gasteiger partial charge in [0.25, 0.3) is 0 Å². The van der Waals surface area contributed by atoms with Gasteiger partial charge in [-0.1, -0.05) is 176 Å². The van der Waals surface area contributed by atoms with E-state index in [1.807, 2.05) is 0 Å². The Kier molecular flexibility index (Phi) is 5.80. The Balaban J connectivity index is 1.18. The van der Waals surface area contributed by atoms with Crippen LogP contribution in [0.25, 0.3) is 87.6 Å². The number of benzene rings is 10. The number of rotatable bonds is 2. The fourth-order valence-electron chi connectivity index (χ4n) is 10.1. The summed E-state index contributed by atoms with van der Waals surface area (Å²) in [6, 6.07) is 72.8. The second-order valence-corrected chi connectivity index (χ2v) is 14.7. The maximum atomic E-state index is 2.56. The van der Waals surface area contributed by atoms with E-state index in [0.29, 0.717) is 0 Å². The van der Waals surface area contributed by atoms with Crippen LogP contribution in [-0.2, 0) is 5.41 Å². The van der Waals surface area contributed by atoms with E-state index in [4.69, 9.17) is 0 Å². The molecular weight excluding hydrogens is 637 g/mol. The minimum Gasteiger partial charge on any atom is -0.0622 e. The Morgan fingerprint density at radius 3 is 1.25 bits per heavy atom. The van der Waals surface area contributed by atoms with Gasteiger partial charge in [0.05, 0.1) is 5.41 Å². The van der Waals surface area contributed by atoms with Crippen LogP contribution in [0.2, 0.25) is 0 Å². The Labute approximate surface area is 308 Å². The molecule has 0 nitrogen and oxygen atoms in total. The first kappa shape index (κ1) is 28.9. The number of fused-ring (bicyclic) bond motifs is 17. The molecule has 1 atom stereocenters. The van der Waals surface area contributed by atoms with Gasteiger partial charge in [0, 0.05) is 0 Å². The van der Waals surface area contributed by atoms with Crippen molar-refractivity contribution in [3.05, 3.63) is 216 Å². The maximum Gasteiger partial charge on any atom is 0.0725 e. The normalized spacial score (nSPS) is 15.2. The summed E-state index contributed by atoms with van der Waals surface area (Å²) in [5.41, 5.74) is 15.3. The smallest absolute Gasteiger partial charge is 0.0622 e. The summed E-state index contributed by atoms with van der Waals surface area (Å²) in [6.07, 6.45) is 0. The molecule has 0 saturated heterocycles. The van der Waals surface area contributed by atoms with Gasteiger partial charge >= 0.3 is 0 Å². The zero-order chi connectivity index (χ0) is 34.7. The third kappa shape index (κ3) is 3.75. The molecule has 1 spiro atoms. The molecule has 0 heterocycles. The molecular formula is C53H32. The summed E-state index contributed by atoms with van der Waals surface area (Å²) < 4.78 is 0. The molecule has 0 N–H and O–H groups in total. The van der Waals surface area contributed by atoms with E-state index in [9.17, 15) is 0 Å². The topological polar surface area (TPSA) is 0 Å². The molecule has 0 fully saturated rings. The first-order valence-corrected chi connectivity index (χ1v) is 18.6. The predicted octanol–water partition coefficient (Wildman–Crippen LogP) is 14.0. The molecule has 0 aliphatic heterocycles. The molecule has 0 radical (unpaired) electrons. The summed E-state index contributed by atoms with van der Waals surface area (Å²) in [6.45, 7) is 0.